The van der Waals surface area contributed by atoms with Gasteiger partial charge in [0, 0.05) is 18.3 Å². The third-order valence-electron chi connectivity index (χ3n) is 4.31. The zero-order chi connectivity index (χ0) is 13.9. The maximum atomic E-state index is 6.32. The van der Waals surface area contributed by atoms with Crippen LogP contribution in [0.15, 0.2) is 54.6 Å². The highest BCUT2D eigenvalue weighted by molar-refractivity contribution is 5.57. The largest absolute Gasteiger partial charge is 0.364 e. The molecule has 0 saturated carbocycles. The van der Waals surface area contributed by atoms with E-state index in [9.17, 15) is 0 Å². The van der Waals surface area contributed by atoms with Crippen molar-refractivity contribution in [2.24, 2.45) is 5.73 Å². The van der Waals surface area contributed by atoms with Gasteiger partial charge in [-0.3, -0.25) is 0 Å². The lowest BCUT2D eigenvalue weighted by Gasteiger charge is -2.32. The number of para-hydroxylation sites is 1. The second kappa shape index (κ2) is 5.68. The van der Waals surface area contributed by atoms with E-state index in [1.54, 1.807) is 0 Å². The van der Waals surface area contributed by atoms with Crippen LogP contribution >= 0.6 is 0 Å². The monoisotopic (exact) mass is 266 g/mol. The van der Waals surface area contributed by atoms with E-state index < -0.39 is 0 Å². The minimum Gasteiger partial charge on any atom is -0.364 e. The summed E-state index contributed by atoms with van der Waals surface area (Å²) in [5, 5.41) is 0. The van der Waals surface area contributed by atoms with Crippen LogP contribution in [0.3, 0.4) is 0 Å². The van der Waals surface area contributed by atoms with Gasteiger partial charge in [0.2, 0.25) is 0 Å². The maximum absolute atomic E-state index is 6.32. The molecule has 0 aromatic heterocycles. The standard InChI is InChI=1S/C18H22N2/c1-14(15-8-3-2-4-9-15)20-13-7-11-17(19)16-10-5-6-12-18(16)20/h2-6,8-10,12,14,17H,7,11,13,19H2,1H3. The molecule has 2 unspecified atom stereocenters. The van der Waals surface area contributed by atoms with Crippen molar-refractivity contribution in [3.63, 3.8) is 0 Å². The first-order valence-electron chi connectivity index (χ1n) is 7.43. The van der Waals surface area contributed by atoms with Gasteiger partial charge in [-0.05, 0) is 37.0 Å². The Balaban J connectivity index is 1.99. The molecule has 0 amide bonds. The first-order chi connectivity index (χ1) is 9.77. The first kappa shape index (κ1) is 13.2. The van der Waals surface area contributed by atoms with E-state index in [1.807, 2.05) is 0 Å². The number of nitrogens with zero attached hydrogens (tertiary/aromatic N) is 1. The van der Waals surface area contributed by atoms with E-state index in [0.717, 1.165) is 19.4 Å². The number of anilines is 1. The average molecular weight is 266 g/mol. The Kier molecular flexibility index (Phi) is 3.75. The normalized spacial score (nSPS) is 20.1. The predicted molar refractivity (Wildman–Crippen MR) is 84.8 cm³/mol. The molecule has 2 heteroatoms. The molecule has 0 saturated heterocycles. The van der Waals surface area contributed by atoms with Crippen LogP contribution in [0, 0.1) is 0 Å². The quantitative estimate of drug-likeness (QED) is 0.888. The Hall–Kier alpha value is -1.80. The van der Waals surface area contributed by atoms with Crippen LogP contribution in [0.1, 0.15) is 43.0 Å². The fraction of sp³-hybridized carbons (Fsp3) is 0.333. The molecule has 2 N–H and O–H groups in total. The molecule has 2 aromatic rings. The molecule has 2 atom stereocenters. The van der Waals surface area contributed by atoms with Gasteiger partial charge in [0.05, 0.1) is 6.04 Å². The highest BCUT2D eigenvalue weighted by atomic mass is 15.2. The summed E-state index contributed by atoms with van der Waals surface area (Å²) >= 11 is 0. The van der Waals surface area contributed by atoms with E-state index in [1.165, 1.54) is 16.8 Å². The molecule has 20 heavy (non-hydrogen) atoms. The van der Waals surface area contributed by atoms with Crippen LogP contribution < -0.4 is 10.6 Å². The summed E-state index contributed by atoms with van der Waals surface area (Å²) in [4.78, 5) is 2.50. The van der Waals surface area contributed by atoms with Crippen molar-refractivity contribution in [3.8, 4) is 0 Å². The van der Waals surface area contributed by atoms with Gasteiger partial charge in [0.1, 0.15) is 0 Å². The summed E-state index contributed by atoms with van der Waals surface area (Å²) in [6.45, 7) is 3.35. The van der Waals surface area contributed by atoms with Crippen LogP contribution in [0.2, 0.25) is 0 Å². The number of hydrogen-bond acceptors (Lipinski definition) is 2. The second-order valence-electron chi connectivity index (χ2n) is 5.59. The van der Waals surface area contributed by atoms with Crippen LogP contribution in [-0.2, 0) is 0 Å². The Labute approximate surface area is 121 Å². The lowest BCUT2D eigenvalue weighted by molar-refractivity contribution is 0.604. The first-order valence-corrected chi connectivity index (χ1v) is 7.43. The van der Waals surface area contributed by atoms with E-state index in [0.29, 0.717) is 6.04 Å². The summed E-state index contributed by atoms with van der Waals surface area (Å²) in [6.07, 6.45) is 2.21. The van der Waals surface area contributed by atoms with E-state index >= 15 is 0 Å². The van der Waals surface area contributed by atoms with Crippen molar-refractivity contribution >= 4 is 5.69 Å². The average Bonchev–Trinajstić information content (AvgIpc) is 2.67. The van der Waals surface area contributed by atoms with Crippen molar-refractivity contribution in [2.45, 2.75) is 31.8 Å². The molecule has 0 radical (unpaired) electrons. The summed E-state index contributed by atoms with van der Waals surface area (Å²) < 4.78 is 0. The van der Waals surface area contributed by atoms with Crippen molar-refractivity contribution in [2.75, 3.05) is 11.4 Å². The van der Waals surface area contributed by atoms with Gasteiger partial charge in [-0.25, -0.2) is 0 Å². The number of fused-ring (bicyclic) bond motifs is 1. The molecular formula is C18H22N2. The molecule has 2 aromatic carbocycles. The van der Waals surface area contributed by atoms with E-state index in [-0.39, 0.29) is 6.04 Å². The van der Waals surface area contributed by atoms with Crippen molar-refractivity contribution in [1.29, 1.82) is 0 Å². The highest BCUT2D eigenvalue weighted by Gasteiger charge is 2.23. The molecule has 2 nitrogen and oxygen atoms in total. The van der Waals surface area contributed by atoms with Gasteiger partial charge < -0.3 is 10.6 Å². The van der Waals surface area contributed by atoms with Gasteiger partial charge in [0.15, 0.2) is 0 Å². The summed E-state index contributed by atoms with van der Waals surface area (Å²) in [7, 11) is 0. The fourth-order valence-corrected chi connectivity index (χ4v) is 3.13. The lowest BCUT2D eigenvalue weighted by atomic mass is 10.0. The predicted octanol–water partition coefficient (Wildman–Crippen LogP) is 4.05. The number of nitrogens with two attached hydrogens (primary N) is 1. The molecule has 1 aliphatic rings. The molecule has 1 heterocycles. The number of benzene rings is 2. The Bertz CT molecular complexity index is 565. The SMILES string of the molecule is CC(c1ccccc1)N1CCCC(N)c2ccccc21. The topological polar surface area (TPSA) is 29.3 Å². The van der Waals surface area contributed by atoms with Gasteiger partial charge in [-0.1, -0.05) is 48.5 Å². The third kappa shape index (κ3) is 2.44. The Morgan fingerprint density at radius 1 is 1.05 bits per heavy atom. The van der Waals surface area contributed by atoms with Gasteiger partial charge in [-0.15, -0.1) is 0 Å². The number of hydrogen-bond donors (Lipinski definition) is 1. The second-order valence-corrected chi connectivity index (χ2v) is 5.59. The van der Waals surface area contributed by atoms with E-state index in [2.05, 4.69) is 66.4 Å². The molecule has 104 valence electrons. The van der Waals surface area contributed by atoms with E-state index in [4.69, 9.17) is 5.73 Å². The van der Waals surface area contributed by atoms with Gasteiger partial charge >= 0.3 is 0 Å². The minimum atomic E-state index is 0.166. The Morgan fingerprint density at radius 3 is 2.55 bits per heavy atom. The minimum absolute atomic E-state index is 0.166. The number of rotatable bonds is 2. The van der Waals surface area contributed by atoms with Crippen LogP contribution in [0.5, 0.6) is 0 Å². The van der Waals surface area contributed by atoms with Crippen LogP contribution in [0.4, 0.5) is 5.69 Å². The van der Waals surface area contributed by atoms with Crippen LogP contribution in [-0.4, -0.2) is 6.54 Å². The summed E-state index contributed by atoms with van der Waals surface area (Å²) in [6, 6.07) is 19.8. The molecule has 0 bridgehead atoms. The van der Waals surface area contributed by atoms with Crippen molar-refractivity contribution in [1.82, 2.24) is 0 Å². The summed E-state index contributed by atoms with van der Waals surface area (Å²) in [5.41, 5.74) is 10.3. The molecule has 1 aliphatic heterocycles. The third-order valence-corrected chi connectivity index (χ3v) is 4.31. The maximum Gasteiger partial charge on any atom is 0.0514 e. The smallest absolute Gasteiger partial charge is 0.0514 e. The molecule has 0 fully saturated rings. The molecule has 0 aliphatic carbocycles. The highest BCUT2D eigenvalue weighted by Crippen LogP contribution is 2.36. The van der Waals surface area contributed by atoms with Crippen molar-refractivity contribution in [3.05, 3.63) is 65.7 Å². The lowest BCUT2D eigenvalue weighted by Crippen LogP contribution is -2.27. The zero-order valence-corrected chi connectivity index (χ0v) is 12.0. The van der Waals surface area contributed by atoms with Crippen LogP contribution in [0.25, 0.3) is 0 Å². The van der Waals surface area contributed by atoms with Gasteiger partial charge in [-0.2, -0.15) is 0 Å². The molecular weight excluding hydrogens is 244 g/mol. The fourth-order valence-electron chi connectivity index (χ4n) is 3.13. The Morgan fingerprint density at radius 2 is 1.75 bits per heavy atom. The molecule has 3 rings (SSSR count). The molecule has 0 spiro atoms. The van der Waals surface area contributed by atoms with Crippen molar-refractivity contribution < 1.29 is 0 Å². The van der Waals surface area contributed by atoms with Gasteiger partial charge in [0.25, 0.3) is 0 Å². The zero-order valence-electron chi connectivity index (χ0n) is 12.0. The summed E-state index contributed by atoms with van der Waals surface area (Å²) in [5.74, 6) is 0.